The Labute approximate surface area is 99.1 Å². The summed E-state index contributed by atoms with van der Waals surface area (Å²) in [6.45, 7) is 3.88. The molecule has 0 saturated carbocycles. The molecule has 0 aliphatic rings. The topological polar surface area (TPSA) is 86.5 Å². The Kier molecular flexibility index (Phi) is 4.16. The third-order valence-electron chi connectivity index (χ3n) is 2.15. The first kappa shape index (κ1) is 12.4. The quantitative estimate of drug-likeness (QED) is 0.806. The first-order chi connectivity index (χ1) is 7.69. The Bertz CT molecular complexity index is 482. The van der Waals surface area contributed by atoms with Crippen molar-refractivity contribution >= 4 is 17.6 Å². The lowest BCUT2D eigenvalue weighted by atomic mass is 10.0. The van der Waals surface area contributed by atoms with Crippen LogP contribution in [0.2, 0.25) is 0 Å². The van der Waals surface area contributed by atoms with Crippen LogP contribution in [0, 0.1) is 22.7 Å². The molecular weight excluding hydrogens is 220 g/mol. The summed E-state index contributed by atoms with van der Waals surface area (Å²) in [5.41, 5.74) is 7.23. The van der Waals surface area contributed by atoms with E-state index in [0.717, 1.165) is 5.75 Å². The molecule has 16 heavy (non-hydrogen) atoms. The molecule has 0 aliphatic carbocycles. The fraction of sp³-hybridized carbons (Fsp3) is 0.364. The molecule has 0 aromatic carbocycles. The second-order valence-corrected chi connectivity index (χ2v) is 4.29. The van der Waals surface area contributed by atoms with Crippen LogP contribution in [0.15, 0.2) is 5.03 Å². The maximum absolute atomic E-state index is 9.11. The van der Waals surface area contributed by atoms with Crippen molar-refractivity contribution in [2.75, 3.05) is 11.5 Å². The predicted molar refractivity (Wildman–Crippen MR) is 63.9 cm³/mol. The molecule has 0 radical (unpaired) electrons. The molecule has 0 amide bonds. The van der Waals surface area contributed by atoms with E-state index in [1.807, 2.05) is 19.9 Å². The molecule has 82 valence electrons. The third kappa shape index (κ3) is 2.10. The number of nitriles is 2. The highest BCUT2D eigenvalue weighted by Crippen LogP contribution is 2.28. The van der Waals surface area contributed by atoms with Gasteiger partial charge in [-0.15, -0.1) is 11.8 Å². The Morgan fingerprint density at radius 2 is 1.88 bits per heavy atom. The molecule has 0 aliphatic heterocycles. The molecule has 1 aromatic heterocycles. The summed E-state index contributed by atoms with van der Waals surface area (Å²) in [7, 11) is 0. The average Bonchev–Trinajstić information content (AvgIpc) is 2.28. The minimum absolute atomic E-state index is 0.217. The highest BCUT2D eigenvalue weighted by atomic mass is 32.2. The van der Waals surface area contributed by atoms with Gasteiger partial charge in [0, 0.05) is 0 Å². The van der Waals surface area contributed by atoms with Gasteiger partial charge in [0.2, 0.25) is 0 Å². The van der Waals surface area contributed by atoms with Gasteiger partial charge in [0.25, 0.3) is 0 Å². The van der Waals surface area contributed by atoms with Crippen LogP contribution in [-0.4, -0.2) is 10.7 Å². The number of hydrogen-bond acceptors (Lipinski definition) is 5. The lowest BCUT2D eigenvalue weighted by Gasteiger charge is -2.10. The molecule has 1 aromatic rings. The summed E-state index contributed by atoms with van der Waals surface area (Å²) >= 11 is 1.47. The fourth-order valence-electron chi connectivity index (χ4n) is 1.46. The normalized spacial score (nSPS) is 9.50. The molecule has 4 nitrogen and oxygen atoms in total. The number of nitrogen functional groups attached to an aromatic ring is 1. The lowest BCUT2D eigenvalue weighted by Crippen LogP contribution is -2.05. The van der Waals surface area contributed by atoms with Gasteiger partial charge in [0.05, 0.1) is 11.1 Å². The van der Waals surface area contributed by atoms with Crippen molar-refractivity contribution in [3.8, 4) is 12.1 Å². The molecule has 0 saturated heterocycles. The zero-order valence-corrected chi connectivity index (χ0v) is 10.1. The van der Waals surface area contributed by atoms with Gasteiger partial charge in [-0.2, -0.15) is 10.5 Å². The molecule has 0 fully saturated rings. The van der Waals surface area contributed by atoms with Crippen LogP contribution in [-0.2, 0) is 6.42 Å². The maximum atomic E-state index is 9.11. The summed E-state index contributed by atoms with van der Waals surface area (Å²) in [5.74, 6) is 1.03. The van der Waals surface area contributed by atoms with E-state index in [0.29, 0.717) is 28.1 Å². The highest BCUT2D eigenvalue weighted by Gasteiger charge is 2.16. The minimum Gasteiger partial charge on any atom is -0.383 e. The SMILES string of the molecule is CCSc1nc(N)c(C#N)c(CC)c1C#N. The summed E-state index contributed by atoms with van der Waals surface area (Å²) in [6, 6.07) is 4.12. The number of rotatable bonds is 3. The van der Waals surface area contributed by atoms with E-state index in [2.05, 4.69) is 11.1 Å². The van der Waals surface area contributed by atoms with E-state index < -0.39 is 0 Å². The monoisotopic (exact) mass is 232 g/mol. The number of nitrogens with two attached hydrogens (primary N) is 1. The van der Waals surface area contributed by atoms with Crippen molar-refractivity contribution in [1.82, 2.24) is 4.98 Å². The first-order valence-corrected chi connectivity index (χ1v) is 5.93. The molecule has 0 atom stereocenters. The largest absolute Gasteiger partial charge is 0.383 e. The first-order valence-electron chi connectivity index (χ1n) is 4.94. The number of pyridine rings is 1. The van der Waals surface area contributed by atoms with Crippen LogP contribution in [0.1, 0.15) is 30.5 Å². The predicted octanol–water partition coefficient (Wildman–Crippen LogP) is 2.08. The number of nitrogens with zero attached hydrogens (tertiary/aromatic N) is 3. The average molecular weight is 232 g/mol. The molecular formula is C11H12N4S. The standard InChI is InChI=1S/C11H12N4S/c1-3-7-8(5-12)10(14)15-11(16-4-2)9(7)6-13/h3-4H2,1-2H3,(H2,14,15). The summed E-state index contributed by atoms with van der Waals surface area (Å²) < 4.78 is 0. The van der Waals surface area contributed by atoms with Gasteiger partial charge < -0.3 is 5.73 Å². The Morgan fingerprint density at radius 3 is 2.31 bits per heavy atom. The van der Waals surface area contributed by atoms with Crippen molar-refractivity contribution < 1.29 is 0 Å². The second kappa shape index (κ2) is 5.39. The zero-order valence-electron chi connectivity index (χ0n) is 9.24. The summed E-state index contributed by atoms with van der Waals surface area (Å²) in [5, 5.41) is 18.7. The van der Waals surface area contributed by atoms with E-state index in [1.54, 1.807) is 0 Å². The van der Waals surface area contributed by atoms with Crippen molar-refractivity contribution in [2.24, 2.45) is 0 Å². The highest BCUT2D eigenvalue weighted by molar-refractivity contribution is 7.99. The van der Waals surface area contributed by atoms with Crippen LogP contribution in [0.25, 0.3) is 0 Å². The van der Waals surface area contributed by atoms with E-state index in [9.17, 15) is 0 Å². The van der Waals surface area contributed by atoms with Gasteiger partial charge in [0.1, 0.15) is 23.0 Å². The summed E-state index contributed by atoms with van der Waals surface area (Å²) in [4.78, 5) is 4.11. The molecule has 2 N–H and O–H groups in total. The zero-order chi connectivity index (χ0) is 12.1. The Balaban J connectivity index is 3.53. The van der Waals surface area contributed by atoms with Gasteiger partial charge in [0.15, 0.2) is 0 Å². The van der Waals surface area contributed by atoms with Crippen LogP contribution in [0.4, 0.5) is 5.82 Å². The Hall–Kier alpha value is -1.72. The molecule has 0 spiro atoms. The summed E-state index contributed by atoms with van der Waals surface area (Å²) in [6.07, 6.45) is 0.607. The lowest BCUT2D eigenvalue weighted by molar-refractivity contribution is 1.03. The van der Waals surface area contributed by atoms with Crippen molar-refractivity contribution in [1.29, 1.82) is 10.5 Å². The number of anilines is 1. The Morgan fingerprint density at radius 1 is 1.25 bits per heavy atom. The molecule has 0 unspecified atom stereocenters. The van der Waals surface area contributed by atoms with Crippen LogP contribution >= 0.6 is 11.8 Å². The van der Waals surface area contributed by atoms with E-state index in [1.165, 1.54) is 11.8 Å². The maximum Gasteiger partial charge on any atom is 0.143 e. The molecule has 1 rings (SSSR count). The van der Waals surface area contributed by atoms with Gasteiger partial charge in [-0.3, -0.25) is 0 Å². The van der Waals surface area contributed by atoms with Gasteiger partial charge in [-0.05, 0) is 17.7 Å². The van der Waals surface area contributed by atoms with E-state index >= 15 is 0 Å². The van der Waals surface area contributed by atoms with Gasteiger partial charge in [-0.25, -0.2) is 4.98 Å². The van der Waals surface area contributed by atoms with Gasteiger partial charge >= 0.3 is 0 Å². The molecule has 5 heteroatoms. The van der Waals surface area contributed by atoms with E-state index in [-0.39, 0.29) is 5.82 Å². The van der Waals surface area contributed by atoms with Gasteiger partial charge in [-0.1, -0.05) is 13.8 Å². The van der Waals surface area contributed by atoms with Crippen molar-refractivity contribution in [2.45, 2.75) is 25.3 Å². The molecule has 0 bridgehead atoms. The van der Waals surface area contributed by atoms with Crippen molar-refractivity contribution in [3.63, 3.8) is 0 Å². The number of thioether (sulfide) groups is 1. The molecule has 1 heterocycles. The van der Waals surface area contributed by atoms with Crippen LogP contribution in [0.3, 0.4) is 0 Å². The third-order valence-corrected chi connectivity index (χ3v) is 3.01. The van der Waals surface area contributed by atoms with Crippen LogP contribution < -0.4 is 5.73 Å². The second-order valence-electron chi connectivity index (χ2n) is 3.04. The van der Waals surface area contributed by atoms with Crippen LogP contribution in [0.5, 0.6) is 0 Å². The van der Waals surface area contributed by atoms with E-state index in [4.69, 9.17) is 16.3 Å². The minimum atomic E-state index is 0.217. The van der Waals surface area contributed by atoms with Crippen molar-refractivity contribution in [3.05, 3.63) is 16.7 Å². The number of hydrogen-bond donors (Lipinski definition) is 1. The number of aromatic nitrogens is 1. The smallest absolute Gasteiger partial charge is 0.143 e. The fourth-order valence-corrected chi connectivity index (χ4v) is 2.21.